The Balaban J connectivity index is 2.65. The van der Waals surface area contributed by atoms with Crippen LogP contribution in [-0.2, 0) is 9.84 Å². The lowest BCUT2D eigenvalue weighted by atomic mass is 9.65. The zero-order valence-electron chi connectivity index (χ0n) is 13.0. The third kappa shape index (κ3) is 5.07. The molecular formula is C15H31NO2S. The second kappa shape index (κ2) is 6.57. The van der Waals surface area contributed by atoms with Gasteiger partial charge in [0.15, 0.2) is 0 Å². The summed E-state index contributed by atoms with van der Waals surface area (Å²) in [6.07, 6.45) is 4.34. The van der Waals surface area contributed by atoms with Crippen LogP contribution in [0.25, 0.3) is 0 Å². The fourth-order valence-corrected chi connectivity index (χ4v) is 4.20. The minimum atomic E-state index is -2.84. The predicted octanol–water partition coefficient (Wildman–Crippen LogP) is 2.85. The first-order valence-electron chi connectivity index (χ1n) is 7.60. The molecule has 0 spiro atoms. The van der Waals surface area contributed by atoms with Gasteiger partial charge in [0, 0.05) is 5.75 Å². The van der Waals surface area contributed by atoms with E-state index in [0.29, 0.717) is 35.5 Å². The van der Waals surface area contributed by atoms with Gasteiger partial charge in [-0.25, -0.2) is 8.42 Å². The first-order chi connectivity index (χ1) is 8.69. The van der Waals surface area contributed by atoms with Crippen molar-refractivity contribution >= 4 is 9.84 Å². The van der Waals surface area contributed by atoms with Crippen molar-refractivity contribution in [2.24, 2.45) is 28.9 Å². The molecule has 3 nitrogen and oxygen atoms in total. The number of hydrogen-bond donors (Lipinski definition) is 1. The van der Waals surface area contributed by atoms with E-state index < -0.39 is 9.84 Å². The highest BCUT2D eigenvalue weighted by Crippen LogP contribution is 2.43. The van der Waals surface area contributed by atoms with Crippen molar-refractivity contribution in [2.75, 3.05) is 18.1 Å². The topological polar surface area (TPSA) is 60.2 Å². The molecule has 4 heteroatoms. The average molecular weight is 289 g/mol. The van der Waals surface area contributed by atoms with E-state index in [1.165, 1.54) is 6.42 Å². The molecule has 0 aliphatic heterocycles. The summed E-state index contributed by atoms with van der Waals surface area (Å²) in [6.45, 7) is 9.31. The summed E-state index contributed by atoms with van der Waals surface area (Å²) < 4.78 is 23.4. The van der Waals surface area contributed by atoms with Crippen molar-refractivity contribution in [2.45, 2.75) is 53.4 Å². The Hall–Kier alpha value is -0.0900. The van der Waals surface area contributed by atoms with Gasteiger partial charge < -0.3 is 5.73 Å². The Bertz CT molecular complexity index is 370. The van der Waals surface area contributed by atoms with Crippen molar-refractivity contribution in [3.05, 3.63) is 0 Å². The smallest absolute Gasteiger partial charge is 0.150 e. The number of nitrogens with two attached hydrogens (primary N) is 1. The van der Waals surface area contributed by atoms with Crippen LogP contribution >= 0.6 is 0 Å². The highest BCUT2D eigenvalue weighted by Gasteiger charge is 2.35. The molecule has 3 unspecified atom stereocenters. The zero-order valence-corrected chi connectivity index (χ0v) is 13.8. The molecule has 19 heavy (non-hydrogen) atoms. The Morgan fingerprint density at radius 3 is 2.26 bits per heavy atom. The van der Waals surface area contributed by atoms with E-state index in [0.717, 1.165) is 19.3 Å². The van der Waals surface area contributed by atoms with Crippen molar-refractivity contribution in [3.63, 3.8) is 0 Å². The van der Waals surface area contributed by atoms with Crippen molar-refractivity contribution in [1.29, 1.82) is 0 Å². The maximum Gasteiger partial charge on any atom is 0.150 e. The summed E-state index contributed by atoms with van der Waals surface area (Å²) in [5.41, 5.74) is 6.19. The molecule has 0 amide bonds. The molecule has 0 aromatic carbocycles. The molecule has 0 saturated heterocycles. The minimum absolute atomic E-state index is 0.260. The summed E-state index contributed by atoms with van der Waals surface area (Å²) in [5.74, 6) is 2.30. The highest BCUT2D eigenvalue weighted by atomic mass is 32.2. The Kier molecular flexibility index (Phi) is 5.87. The van der Waals surface area contributed by atoms with E-state index >= 15 is 0 Å². The van der Waals surface area contributed by atoms with Crippen LogP contribution in [0.2, 0.25) is 0 Å². The number of rotatable bonds is 5. The molecule has 1 aliphatic rings. The molecule has 1 aliphatic carbocycles. The van der Waals surface area contributed by atoms with Crippen LogP contribution in [-0.4, -0.2) is 26.5 Å². The third-order valence-electron chi connectivity index (χ3n) is 4.91. The van der Waals surface area contributed by atoms with E-state index in [-0.39, 0.29) is 5.75 Å². The Labute approximate surface area is 119 Å². The second-order valence-electron chi connectivity index (χ2n) is 7.16. The Morgan fingerprint density at radius 1 is 1.16 bits per heavy atom. The molecule has 1 rings (SSSR count). The van der Waals surface area contributed by atoms with Crippen LogP contribution in [0, 0.1) is 23.2 Å². The standard InChI is InChI=1S/C15H31NO2S/c1-5-19(17,18)9-8-12-10-14(15(2,3)4)7-6-13(12)11-16/h12-14H,5-11,16H2,1-4H3. The average Bonchev–Trinajstić information content (AvgIpc) is 2.35. The molecular weight excluding hydrogens is 258 g/mol. The molecule has 0 bridgehead atoms. The lowest BCUT2D eigenvalue weighted by Crippen LogP contribution is -2.36. The summed E-state index contributed by atoms with van der Waals surface area (Å²) in [7, 11) is -2.84. The van der Waals surface area contributed by atoms with Crippen LogP contribution in [0.4, 0.5) is 0 Å². The largest absolute Gasteiger partial charge is 0.330 e. The molecule has 3 atom stereocenters. The minimum Gasteiger partial charge on any atom is -0.330 e. The molecule has 0 aromatic heterocycles. The van der Waals surface area contributed by atoms with E-state index in [1.807, 2.05) is 0 Å². The van der Waals surface area contributed by atoms with Gasteiger partial charge in [-0.3, -0.25) is 0 Å². The normalized spacial score (nSPS) is 29.4. The molecule has 0 aromatic rings. The van der Waals surface area contributed by atoms with E-state index in [2.05, 4.69) is 20.8 Å². The van der Waals surface area contributed by atoms with E-state index in [1.54, 1.807) is 6.92 Å². The summed E-state index contributed by atoms with van der Waals surface area (Å²) >= 11 is 0. The van der Waals surface area contributed by atoms with Gasteiger partial charge >= 0.3 is 0 Å². The van der Waals surface area contributed by atoms with Gasteiger partial charge in [0.2, 0.25) is 0 Å². The first kappa shape index (κ1) is 17.0. The van der Waals surface area contributed by atoms with Gasteiger partial charge in [-0.2, -0.15) is 0 Å². The molecule has 2 N–H and O–H groups in total. The van der Waals surface area contributed by atoms with Crippen LogP contribution in [0.15, 0.2) is 0 Å². The van der Waals surface area contributed by atoms with Crippen molar-refractivity contribution < 1.29 is 8.42 Å². The lowest BCUT2D eigenvalue weighted by molar-refractivity contribution is 0.0994. The molecule has 0 heterocycles. The van der Waals surface area contributed by atoms with Crippen molar-refractivity contribution in [1.82, 2.24) is 0 Å². The summed E-state index contributed by atoms with van der Waals surface area (Å²) in [5, 5.41) is 0. The fraction of sp³-hybridized carbons (Fsp3) is 1.00. The predicted molar refractivity (Wildman–Crippen MR) is 81.8 cm³/mol. The Morgan fingerprint density at radius 2 is 1.79 bits per heavy atom. The van der Waals surface area contributed by atoms with Gasteiger partial charge in [-0.1, -0.05) is 27.7 Å². The highest BCUT2D eigenvalue weighted by molar-refractivity contribution is 7.91. The molecule has 114 valence electrons. The van der Waals surface area contributed by atoms with Crippen LogP contribution in [0.3, 0.4) is 0 Å². The molecule has 1 fully saturated rings. The van der Waals surface area contributed by atoms with Crippen LogP contribution < -0.4 is 5.73 Å². The van der Waals surface area contributed by atoms with Gasteiger partial charge in [-0.15, -0.1) is 0 Å². The third-order valence-corrected chi connectivity index (χ3v) is 6.64. The van der Waals surface area contributed by atoms with E-state index in [4.69, 9.17) is 5.73 Å². The molecule has 1 saturated carbocycles. The van der Waals surface area contributed by atoms with Crippen LogP contribution in [0.5, 0.6) is 0 Å². The lowest BCUT2D eigenvalue weighted by Gasteiger charge is -2.41. The van der Waals surface area contributed by atoms with Gasteiger partial charge in [0.25, 0.3) is 0 Å². The first-order valence-corrected chi connectivity index (χ1v) is 9.42. The zero-order chi connectivity index (χ0) is 14.7. The van der Waals surface area contributed by atoms with E-state index in [9.17, 15) is 8.42 Å². The van der Waals surface area contributed by atoms with Crippen LogP contribution in [0.1, 0.15) is 53.4 Å². The van der Waals surface area contributed by atoms with Gasteiger partial charge in [-0.05, 0) is 55.4 Å². The van der Waals surface area contributed by atoms with Gasteiger partial charge in [0.1, 0.15) is 9.84 Å². The second-order valence-corrected chi connectivity index (χ2v) is 9.63. The monoisotopic (exact) mass is 289 g/mol. The van der Waals surface area contributed by atoms with Crippen molar-refractivity contribution in [3.8, 4) is 0 Å². The van der Waals surface area contributed by atoms with Gasteiger partial charge in [0.05, 0.1) is 5.75 Å². The summed E-state index contributed by atoms with van der Waals surface area (Å²) in [6, 6.07) is 0. The fourth-order valence-electron chi connectivity index (χ4n) is 3.25. The number of hydrogen-bond acceptors (Lipinski definition) is 3. The SMILES string of the molecule is CCS(=O)(=O)CCC1CC(C(C)(C)C)CCC1CN. The maximum atomic E-state index is 11.7. The molecule has 0 radical (unpaired) electrons. The quantitative estimate of drug-likeness (QED) is 0.846. The number of sulfone groups is 1. The maximum absolute atomic E-state index is 11.7. The summed E-state index contributed by atoms with van der Waals surface area (Å²) in [4.78, 5) is 0.